The standard InChI is InChI=1S/C11H12N2O6S/c14-11(15)4-8-6-12(7-8)20(18,19)10-3-1-2-9(5-10)13(16)17/h1-3,5,8H,4,6-7H2,(H,14,15). The highest BCUT2D eigenvalue weighted by Crippen LogP contribution is 2.28. The molecule has 1 aromatic carbocycles. The van der Waals surface area contributed by atoms with Crippen LogP contribution in [0, 0.1) is 16.0 Å². The van der Waals surface area contributed by atoms with Gasteiger partial charge in [-0.15, -0.1) is 0 Å². The van der Waals surface area contributed by atoms with E-state index in [1.165, 1.54) is 18.2 Å². The number of nitro groups is 1. The minimum absolute atomic E-state index is 0.0824. The molecule has 0 atom stereocenters. The van der Waals surface area contributed by atoms with Crippen LogP contribution < -0.4 is 0 Å². The van der Waals surface area contributed by atoms with E-state index in [0.717, 1.165) is 10.4 Å². The fourth-order valence-corrected chi connectivity index (χ4v) is 3.63. The highest BCUT2D eigenvalue weighted by molar-refractivity contribution is 7.89. The summed E-state index contributed by atoms with van der Waals surface area (Å²) in [6.07, 6.45) is -0.0824. The largest absolute Gasteiger partial charge is 0.481 e. The van der Waals surface area contributed by atoms with Gasteiger partial charge in [-0.05, 0) is 12.0 Å². The molecule has 0 saturated carbocycles. The van der Waals surface area contributed by atoms with Gasteiger partial charge in [0.1, 0.15) is 0 Å². The van der Waals surface area contributed by atoms with E-state index in [9.17, 15) is 23.3 Å². The summed E-state index contributed by atoms with van der Waals surface area (Å²) in [5.74, 6) is -1.18. The number of carbonyl (C=O) groups is 1. The number of hydrogen-bond acceptors (Lipinski definition) is 5. The SMILES string of the molecule is O=C(O)CC1CN(S(=O)(=O)c2cccc([N+](=O)[O-])c2)C1. The number of nitro benzene ring substituents is 1. The minimum Gasteiger partial charge on any atom is -0.481 e. The molecule has 9 heteroatoms. The number of aliphatic carboxylic acids is 1. The number of carboxylic acids is 1. The second-order valence-electron chi connectivity index (χ2n) is 4.54. The maximum atomic E-state index is 12.2. The van der Waals surface area contributed by atoms with Crippen LogP contribution in [0.3, 0.4) is 0 Å². The van der Waals surface area contributed by atoms with Crippen LogP contribution in [0.25, 0.3) is 0 Å². The lowest BCUT2D eigenvalue weighted by atomic mass is 10.00. The summed E-state index contributed by atoms with van der Waals surface area (Å²) >= 11 is 0. The number of sulfonamides is 1. The van der Waals surface area contributed by atoms with Gasteiger partial charge in [0, 0.05) is 25.2 Å². The fourth-order valence-electron chi connectivity index (χ4n) is 2.00. The van der Waals surface area contributed by atoms with Crippen molar-refractivity contribution in [1.82, 2.24) is 4.31 Å². The number of hydrogen-bond donors (Lipinski definition) is 1. The summed E-state index contributed by atoms with van der Waals surface area (Å²) in [5.41, 5.74) is -0.298. The van der Waals surface area contributed by atoms with Crippen LogP contribution in [0.5, 0.6) is 0 Å². The molecule has 0 bridgehead atoms. The summed E-state index contributed by atoms with van der Waals surface area (Å²) < 4.78 is 25.5. The van der Waals surface area contributed by atoms with Crippen molar-refractivity contribution in [3.63, 3.8) is 0 Å². The average molecular weight is 300 g/mol. The molecule has 1 saturated heterocycles. The molecule has 8 nitrogen and oxygen atoms in total. The number of non-ortho nitro benzene ring substituents is 1. The van der Waals surface area contributed by atoms with Crippen molar-refractivity contribution in [2.45, 2.75) is 11.3 Å². The van der Waals surface area contributed by atoms with Crippen LogP contribution in [-0.4, -0.2) is 41.8 Å². The van der Waals surface area contributed by atoms with Crippen LogP contribution in [0.2, 0.25) is 0 Å². The van der Waals surface area contributed by atoms with Crippen molar-refractivity contribution in [3.05, 3.63) is 34.4 Å². The first-order chi connectivity index (χ1) is 9.30. The molecule has 108 valence electrons. The Morgan fingerprint density at radius 2 is 2.10 bits per heavy atom. The Morgan fingerprint density at radius 3 is 2.65 bits per heavy atom. The molecule has 0 unspecified atom stereocenters. The number of rotatable bonds is 5. The van der Waals surface area contributed by atoms with Gasteiger partial charge in [-0.2, -0.15) is 4.31 Å². The lowest BCUT2D eigenvalue weighted by Crippen LogP contribution is -2.50. The first kappa shape index (κ1) is 14.4. The van der Waals surface area contributed by atoms with Crippen LogP contribution >= 0.6 is 0 Å². The van der Waals surface area contributed by atoms with E-state index in [1.807, 2.05) is 0 Å². The molecule has 1 N–H and O–H groups in total. The summed E-state index contributed by atoms with van der Waals surface area (Å²) in [6, 6.07) is 4.80. The summed E-state index contributed by atoms with van der Waals surface area (Å²) in [7, 11) is -3.79. The first-order valence-corrected chi connectivity index (χ1v) is 7.21. The Labute approximate surface area is 114 Å². The quantitative estimate of drug-likeness (QED) is 0.631. The third-order valence-corrected chi connectivity index (χ3v) is 4.88. The molecule has 0 aliphatic carbocycles. The third-order valence-electron chi connectivity index (χ3n) is 3.05. The molecule has 0 spiro atoms. The van der Waals surface area contributed by atoms with Gasteiger partial charge in [0.25, 0.3) is 5.69 Å². The molecule has 0 amide bonds. The second kappa shape index (κ2) is 5.17. The van der Waals surface area contributed by atoms with E-state index < -0.39 is 20.9 Å². The smallest absolute Gasteiger partial charge is 0.303 e. The zero-order valence-electron chi connectivity index (χ0n) is 10.3. The molecule has 1 heterocycles. The fraction of sp³-hybridized carbons (Fsp3) is 0.364. The van der Waals surface area contributed by atoms with Crippen LogP contribution in [0.15, 0.2) is 29.2 Å². The van der Waals surface area contributed by atoms with Gasteiger partial charge in [0.2, 0.25) is 10.0 Å². The molecular weight excluding hydrogens is 288 g/mol. The first-order valence-electron chi connectivity index (χ1n) is 5.77. The van der Waals surface area contributed by atoms with Crippen molar-refractivity contribution in [3.8, 4) is 0 Å². The summed E-state index contributed by atoms with van der Waals surface area (Å²) in [4.78, 5) is 20.3. The van der Waals surface area contributed by atoms with E-state index in [2.05, 4.69) is 0 Å². The van der Waals surface area contributed by atoms with Crippen LogP contribution in [-0.2, 0) is 14.8 Å². The Balaban J connectivity index is 2.14. The van der Waals surface area contributed by atoms with Crippen molar-refractivity contribution in [2.75, 3.05) is 13.1 Å². The number of carboxylic acid groups (broad SMARTS) is 1. The van der Waals surface area contributed by atoms with Gasteiger partial charge in [-0.3, -0.25) is 14.9 Å². The molecule has 2 rings (SSSR count). The Morgan fingerprint density at radius 1 is 1.45 bits per heavy atom. The molecule has 20 heavy (non-hydrogen) atoms. The van der Waals surface area contributed by atoms with Crippen molar-refractivity contribution >= 4 is 21.7 Å². The van der Waals surface area contributed by atoms with Crippen molar-refractivity contribution in [1.29, 1.82) is 0 Å². The van der Waals surface area contributed by atoms with Gasteiger partial charge in [-0.1, -0.05) is 6.07 Å². The molecule has 1 aliphatic rings. The van der Waals surface area contributed by atoms with E-state index >= 15 is 0 Å². The van der Waals surface area contributed by atoms with Crippen molar-refractivity contribution in [2.24, 2.45) is 5.92 Å². The van der Waals surface area contributed by atoms with Gasteiger partial charge in [0.15, 0.2) is 0 Å². The topological polar surface area (TPSA) is 118 Å². The molecule has 0 radical (unpaired) electrons. The van der Waals surface area contributed by atoms with E-state index in [4.69, 9.17) is 5.11 Å². The van der Waals surface area contributed by atoms with Gasteiger partial charge in [-0.25, -0.2) is 8.42 Å². The molecule has 1 fully saturated rings. The zero-order chi connectivity index (χ0) is 14.9. The van der Waals surface area contributed by atoms with Crippen molar-refractivity contribution < 1.29 is 23.2 Å². The van der Waals surface area contributed by atoms with Gasteiger partial charge < -0.3 is 5.11 Å². The summed E-state index contributed by atoms with van der Waals surface area (Å²) in [5, 5.41) is 19.2. The molecular formula is C11H12N2O6S. The third kappa shape index (κ3) is 2.78. The lowest BCUT2D eigenvalue weighted by molar-refractivity contribution is -0.385. The normalized spacial score (nSPS) is 16.6. The number of nitrogens with zero attached hydrogens (tertiary/aromatic N) is 2. The maximum Gasteiger partial charge on any atom is 0.303 e. The highest BCUT2D eigenvalue weighted by atomic mass is 32.2. The van der Waals surface area contributed by atoms with Crippen LogP contribution in [0.1, 0.15) is 6.42 Å². The Kier molecular flexibility index (Phi) is 3.73. The van der Waals surface area contributed by atoms with E-state index in [1.54, 1.807) is 0 Å². The minimum atomic E-state index is -3.79. The molecule has 1 aliphatic heterocycles. The number of benzene rings is 1. The van der Waals surface area contributed by atoms with Gasteiger partial charge >= 0.3 is 5.97 Å². The second-order valence-corrected chi connectivity index (χ2v) is 6.48. The predicted octanol–water partition coefficient (Wildman–Crippen LogP) is 0.690. The van der Waals surface area contributed by atoms with Crippen LogP contribution in [0.4, 0.5) is 5.69 Å². The van der Waals surface area contributed by atoms with E-state index in [0.29, 0.717) is 0 Å². The predicted molar refractivity (Wildman–Crippen MR) is 67.6 cm³/mol. The Bertz CT molecular complexity index is 651. The monoisotopic (exact) mass is 300 g/mol. The zero-order valence-corrected chi connectivity index (χ0v) is 11.1. The highest BCUT2D eigenvalue weighted by Gasteiger charge is 2.37. The average Bonchev–Trinajstić information content (AvgIpc) is 2.33. The van der Waals surface area contributed by atoms with Gasteiger partial charge in [0.05, 0.1) is 16.2 Å². The molecule has 1 aromatic rings. The Hall–Kier alpha value is -2.00. The maximum absolute atomic E-state index is 12.2. The lowest BCUT2D eigenvalue weighted by Gasteiger charge is -2.37. The molecule has 0 aromatic heterocycles. The van der Waals surface area contributed by atoms with E-state index in [-0.39, 0.29) is 36.0 Å². The summed E-state index contributed by atoms with van der Waals surface area (Å²) in [6.45, 7) is 0.245.